The van der Waals surface area contributed by atoms with Crippen LogP contribution in [0.2, 0.25) is 5.02 Å². The van der Waals surface area contributed by atoms with Gasteiger partial charge < -0.3 is 14.2 Å². The maximum atomic E-state index is 13.5. The topological polar surface area (TPSA) is 98.5 Å². The zero-order chi connectivity index (χ0) is 20.0. The summed E-state index contributed by atoms with van der Waals surface area (Å²) in [5, 5.41) is 13.8. The minimum atomic E-state index is -0.300. The van der Waals surface area contributed by atoms with Gasteiger partial charge in [0.05, 0.1) is 28.6 Å². The van der Waals surface area contributed by atoms with Crippen LogP contribution in [-0.2, 0) is 0 Å². The predicted molar refractivity (Wildman–Crippen MR) is 106 cm³/mol. The summed E-state index contributed by atoms with van der Waals surface area (Å²) in [5.41, 5.74) is 1.92. The molecule has 4 rings (SSSR count). The van der Waals surface area contributed by atoms with Gasteiger partial charge in [0.15, 0.2) is 0 Å². The Kier molecular flexibility index (Phi) is 4.68. The number of hydrogen-bond acceptors (Lipinski definition) is 6. The molecular weight excluding hydrogens is 382 g/mol. The van der Waals surface area contributed by atoms with Gasteiger partial charge >= 0.3 is 0 Å². The number of imidazole rings is 1. The largest absolute Gasteiger partial charge is 0.396 e. The van der Waals surface area contributed by atoms with E-state index >= 15 is 0 Å². The molecule has 3 aromatic heterocycles. The summed E-state index contributed by atoms with van der Waals surface area (Å²) in [4.78, 5) is 22.2. The zero-order valence-electron chi connectivity index (χ0n) is 15.8. The van der Waals surface area contributed by atoms with Crippen molar-refractivity contribution in [3.8, 4) is 11.5 Å². The maximum Gasteiger partial charge on any atom is 0.278 e. The van der Waals surface area contributed by atoms with Crippen LogP contribution in [-0.4, -0.2) is 35.8 Å². The molecule has 0 saturated heterocycles. The van der Waals surface area contributed by atoms with Crippen LogP contribution in [0.1, 0.15) is 45.0 Å². The van der Waals surface area contributed by atoms with Gasteiger partial charge in [0.25, 0.3) is 5.56 Å². The lowest BCUT2D eigenvalue weighted by Crippen LogP contribution is -2.26. The highest BCUT2D eigenvalue weighted by Crippen LogP contribution is 2.29. The van der Waals surface area contributed by atoms with Crippen LogP contribution in [0.15, 0.2) is 33.8 Å². The van der Waals surface area contributed by atoms with Crippen molar-refractivity contribution in [3.63, 3.8) is 0 Å². The standard InChI is InChI=1S/C19H20ClN5O3/c1-4-11(3)25-15-12(20)6-5-7-13(15)24-9-21-14(16(24)19(25)27)17-22-18(28-23-17)10(2)8-26/h5-7,9-11,26H,4,8H2,1-3H3. The van der Waals surface area contributed by atoms with Crippen molar-refractivity contribution in [1.29, 1.82) is 0 Å². The third-order valence-electron chi connectivity index (χ3n) is 5.04. The lowest BCUT2D eigenvalue weighted by Gasteiger charge is -2.18. The fraction of sp³-hybridized carbons (Fsp3) is 0.368. The van der Waals surface area contributed by atoms with E-state index in [4.69, 9.17) is 16.1 Å². The van der Waals surface area contributed by atoms with E-state index in [2.05, 4.69) is 15.1 Å². The second kappa shape index (κ2) is 7.03. The van der Waals surface area contributed by atoms with E-state index in [1.807, 2.05) is 26.0 Å². The average Bonchev–Trinajstić information content (AvgIpc) is 3.35. The molecule has 9 heteroatoms. The van der Waals surface area contributed by atoms with Crippen LogP contribution >= 0.6 is 11.6 Å². The Morgan fingerprint density at radius 3 is 2.79 bits per heavy atom. The summed E-state index contributed by atoms with van der Waals surface area (Å²) < 4.78 is 8.65. The van der Waals surface area contributed by atoms with Crippen LogP contribution in [0, 0.1) is 0 Å². The summed E-state index contributed by atoms with van der Waals surface area (Å²) in [7, 11) is 0. The SMILES string of the molecule is CCC(C)n1c(=O)c2c(-c3noc(C(C)CO)n3)ncn2c2cccc(Cl)c21. The molecule has 0 spiro atoms. The van der Waals surface area contributed by atoms with Crippen LogP contribution in [0.25, 0.3) is 28.1 Å². The summed E-state index contributed by atoms with van der Waals surface area (Å²) in [6.45, 7) is 5.65. The van der Waals surface area contributed by atoms with E-state index < -0.39 is 0 Å². The van der Waals surface area contributed by atoms with Crippen molar-refractivity contribution in [2.24, 2.45) is 0 Å². The minimum Gasteiger partial charge on any atom is -0.396 e. The summed E-state index contributed by atoms with van der Waals surface area (Å²) in [6, 6.07) is 5.45. The zero-order valence-corrected chi connectivity index (χ0v) is 16.5. The Morgan fingerprint density at radius 2 is 2.07 bits per heavy atom. The number of aliphatic hydroxyl groups is 1. The first-order chi connectivity index (χ1) is 13.5. The minimum absolute atomic E-state index is 0.0575. The molecule has 0 bridgehead atoms. The number of rotatable bonds is 5. The van der Waals surface area contributed by atoms with Gasteiger partial charge in [0, 0.05) is 6.04 Å². The lowest BCUT2D eigenvalue weighted by molar-refractivity contribution is 0.242. The smallest absolute Gasteiger partial charge is 0.278 e. The first kappa shape index (κ1) is 18.6. The van der Waals surface area contributed by atoms with Gasteiger partial charge in [-0.3, -0.25) is 9.20 Å². The molecule has 2 unspecified atom stereocenters. The van der Waals surface area contributed by atoms with Gasteiger partial charge in [-0.2, -0.15) is 4.98 Å². The monoisotopic (exact) mass is 401 g/mol. The predicted octanol–water partition coefficient (Wildman–Crippen LogP) is 3.42. The van der Waals surface area contributed by atoms with Gasteiger partial charge in [-0.25, -0.2) is 4.98 Å². The molecule has 0 saturated carbocycles. The Labute approximate surface area is 165 Å². The molecule has 28 heavy (non-hydrogen) atoms. The van der Waals surface area contributed by atoms with Crippen molar-refractivity contribution in [2.75, 3.05) is 6.61 Å². The normalized spacial score (nSPS) is 14.0. The molecule has 1 N–H and O–H groups in total. The van der Waals surface area contributed by atoms with E-state index in [9.17, 15) is 9.90 Å². The van der Waals surface area contributed by atoms with E-state index in [1.165, 1.54) is 0 Å². The second-order valence-electron chi connectivity index (χ2n) is 6.89. The van der Waals surface area contributed by atoms with Gasteiger partial charge in [0.2, 0.25) is 11.7 Å². The molecule has 8 nitrogen and oxygen atoms in total. The molecule has 0 radical (unpaired) electrons. The molecule has 1 aromatic carbocycles. The maximum absolute atomic E-state index is 13.5. The number of halogens is 1. The van der Waals surface area contributed by atoms with Crippen LogP contribution in [0.4, 0.5) is 0 Å². The van der Waals surface area contributed by atoms with Crippen LogP contribution in [0.3, 0.4) is 0 Å². The molecule has 0 aliphatic rings. The van der Waals surface area contributed by atoms with Gasteiger partial charge in [0.1, 0.15) is 17.5 Å². The first-order valence-electron chi connectivity index (χ1n) is 9.12. The van der Waals surface area contributed by atoms with Gasteiger partial charge in [-0.1, -0.05) is 36.7 Å². The van der Waals surface area contributed by atoms with Gasteiger partial charge in [-0.05, 0) is 25.5 Å². The Morgan fingerprint density at radius 1 is 1.29 bits per heavy atom. The number of hydrogen-bond donors (Lipinski definition) is 1. The summed E-state index contributed by atoms with van der Waals surface area (Å²) in [6.07, 6.45) is 2.33. The number of nitrogens with zero attached hydrogens (tertiary/aromatic N) is 5. The number of fused-ring (bicyclic) bond motifs is 3. The van der Waals surface area contributed by atoms with E-state index in [-0.39, 0.29) is 30.0 Å². The van der Waals surface area contributed by atoms with Crippen molar-refractivity contribution in [2.45, 2.75) is 39.2 Å². The summed E-state index contributed by atoms with van der Waals surface area (Å²) >= 11 is 6.46. The Hall–Kier alpha value is -2.71. The van der Waals surface area contributed by atoms with Crippen molar-refractivity contribution in [1.82, 2.24) is 24.1 Å². The molecule has 4 aromatic rings. The lowest BCUT2D eigenvalue weighted by atomic mass is 10.2. The van der Waals surface area contributed by atoms with Crippen LogP contribution < -0.4 is 5.56 Å². The third kappa shape index (κ3) is 2.71. The fourth-order valence-corrected chi connectivity index (χ4v) is 3.52. The highest BCUT2D eigenvalue weighted by Gasteiger charge is 2.23. The molecule has 2 atom stereocenters. The van der Waals surface area contributed by atoms with Gasteiger partial charge in [-0.15, -0.1) is 0 Å². The molecule has 3 heterocycles. The highest BCUT2D eigenvalue weighted by atomic mass is 35.5. The average molecular weight is 402 g/mol. The van der Waals surface area contributed by atoms with Crippen LogP contribution in [0.5, 0.6) is 0 Å². The molecule has 0 aliphatic carbocycles. The number of aliphatic hydroxyl groups excluding tert-OH is 1. The van der Waals surface area contributed by atoms with Crippen molar-refractivity contribution in [3.05, 3.63) is 45.8 Å². The number of aromatic nitrogens is 5. The molecule has 0 fully saturated rings. The van der Waals surface area contributed by atoms with Crippen molar-refractivity contribution >= 4 is 28.2 Å². The molecule has 0 amide bonds. The molecule has 0 aliphatic heterocycles. The van der Waals surface area contributed by atoms with E-state index in [0.29, 0.717) is 27.6 Å². The summed E-state index contributed by atoms with van der Waals surface area (Å²) in [5.74, 6) is 0.211. The quantitative estimate of drug-likeness (QED) is 0.550. The Bertz CT molecular complexity index is 1230. The third-order valence-corrected chi connectivity index (χ3v) is 5.34. The molecular formula is C19H20ClN5O3. The first-order valence-corrected chi connectivity index (χ1v) is 9.50. The van der Waals surface area contributed by atoms with Crippen molar-refractivity contribution < 1.29 is 9.63 Å². The Balaban J connectivity index is 2.07. The van der Waals surface area contributed by atoms with E-state index in [1.54, 1.807) is 28.3 Å². The number of para-hydroxylation sites is 1. The van der Waals surface area contributed by atoms with E-state index in [0.717, 1.165) is 11.9 Å². The molecule has 146 valence electrons. The second-order valence-corrected chi connectivity index (χ2v) is 7.30. The highest BCUT2D eigenvalue weighted by molar-refractivity contribution is 6.35. The number of benzene rings is 1. The fourth-order valence-electron chi connectivity index (χ4n) is 3.26.